The number of halogens is 2. The highest BCUT2D eigenvalue weighted by molar-refractivity contribution is 5.76. The molecule has 0 spiro atoms. The van der Waals surface area contributed by atoms with Crippen LogP contribution in [0.5, 0.6) is 5.75 Å². The maximum atomic E-state index is 13.3. The fourth-order valence-corrected chi connectivity index (χ4v) is 3.33. The molecule has 3 rings (SSSR count). The van der Waals surface area contributed by atoms with Crippen molar-refractivity contribution < 1.29 is 18.3 Å². The highest BCUT2D eigenvalue weighted by atomic mass is 19.1. The first-order chi connectivity index (χ1) is 12.6. The van der Waals surface area contributed by atoms with Crippen LogP contribution < -0.4 is 4.74 Å². The van der Waals surface area contributed by atoms with Gasteiger partial charge in [-0.3, -0.25) is 4.79 Å². The number of hydrogen-bond acceptors (Lipinski definition) is 2. The maximum absolute atomic E-state index is 13.3. The van der Waals surface area contributed by atoms with Crippen molar-refractivity contribution in [1.82, 2.24) is 4.90 Å². The second kappa shape index (κ2) is 8.79. The van der Waals surface area contributed by atoms with E-state index in [4.69, 9.17) is 4.74 Å². The van der Waals surface area contributed by atoms with Gasteiger partial charge in [0.2, 0.25) is 5.91 Å². The Hall–Kier alpha value is -2.43. The molecule has 0 aliphatic carbocycles. The lowest BCUT2D eigenvalue weighted by atomic mass is 9.90. The minimum Gasteiger partial charge on any atom is -0.493 e. The zero-order valence-corrected chi connectivity index (χ0v) is 14.7. The van der Waals surface area contributed by atoms with E-state index in [9.17, 15) is 13.6 Å². The number of carbonyl (C=O) groups is 1. The van der Waals surface area contributed by atoms with Gasteiger partial charge in [-0.25, -0.2) is 8.78 Å². The summed E-state index contributed by atoms with van der Waals surface area (Å²) < 4.78 is 31.6. The predicted octanol–water partition coefficient (Wildman–Crippen LogP) is 4.22. The quantitative estimate of drug-likeness (QED) is 0.773. The van der Waals surface area contributed by atoms with E-state index < -0.39 is 0 Å². The Morgan fingerprint density at radius 3 is 2.46 bits per heavy atom. The molecule has 0 unspecified atom stereocenters. The molecule has 1 aliphatic heterocycles. The summed E-state index contributed by atoms with van der Waals surface area (Å²) in [7, 11) is 0. The molecule has 2 aromatic carbocycles. The topological polar surface area (TPSA) is 29.5 Å². The number of amides is 1. The number of hydrogen-bond donors (Lipinski definition) is 0. The van der Waals surface area contributed by atoms with Crippen LogP contribution in [0.25, 0.3) is 0 Å². The third kappa shape index (κ3) is 5.28. The van der Waals surface area contributed by atoms with Gasteiger partial charge in [0, 0.05) is 13.1 Å². The van der Waals surface area contributed by atoms with E-state index in [-0.39, 0.29) is 24.1 Å². The molecule has 0 aromatic heterocycles. The van der Waals surface area contributed by atoms with Crippen molar-refractivity contribution in [2.45, 2.75) is 25.7 Å². The molecule has 0 saturated carbocycles. The lowest BCUT2D eigenvalue weighted by Crippen LogP contribution is -2.39. The fraction of sp³-hybridized carbons (Fsp3) is 0.381. The Bertz CT molecular complexity index is 725. The van der Waals surface area contributed by atoms with Crippen molar-refractivity contribution in [2.75, 3.05) is 19.7 Å². The zero-order chi connectivity index (χ0) is 18.4. The number of likely N-dealkylation sites (tertiary alicyclic amines) is 1. The molecule has 0 bridgehead atoms. The van der Waals surface area contributed by atoms with E-state index in [0.29, 0.717) is 18.1 Å². The SMILES string of the molecule is O=C(CCOc1ccc(F)cc1)N1CCC(Cc2cccc(F)c2)CC1. The van der Waals surface area contributed by atoms with Gasteiger partial charge in [0.1, 0.15) is 17.4 Å². The molecule has 1 amide bonds. The molecule has 0 radical (unpaired) electrons. The van der Waals surface area contributed by atoms with Crippen LogP contribution in [0, 0.1) is 17.6 Å². The molecule has 1 fully saturated rings. The van der Waals surface area contributed by atoms with Crippen molar-refractivity contribution in [3.8, 4) is 5.75 Å². The molecule has 138 valence electrons. The summed E-state index contributed by atoms with van der Waals surface area (Å²) in [6, 6.07) is 12.5. The minimum absolute atomic E-state index is 0.0799. The van der Waals surface area contributed by atoms with E-state index >= 15 is 0 Å². The van der Waals surface area contributed by atoms with Crippen molar-refractivity contribution in [3.05, 3.63) is 65.7 Å². The third-order valence-corrected chi connectivity index (χ3v) is 4.78. The normalized spacial score (nSPS) is 15.1. The van der Waals surface area contributed by atoms with Gasteiger partial charge in [-0.05, 0) is 67.1 Å². The Labute approximate surface area is 152 Å². The number of nitrogens with zero attached hydrogens (tertiary/aromatic N) is 1. The molecule has 1 saturated heterocycles. The van der Waals surface area contributed by atoms with Gasteiger partial charge >= 0.3 is 0 Å². The van der Waals surface area contributed by atoms with Crippen LogP contribution in [-0.4, -0.2) is 30.5 Å². The average molecular weight is 359 g/mol. The van der Waals surface area contributed by atoms with Gasteiger partial charge < -0.3 is 9.64 Å². The van der Waals surface area contributed by atoms with Gasteiger partial charge in [-0.2, -0.15) is 0 Å². The summed E-state index contributed by atoms with van der Waals surface area (Å²) in [5.41, 5.74) is 1.02. The maximum Gasteiger partial charge on any atom is 0.225 e. The zero-order valence-electron chi connectivity index (χ0n) is 14.7. The van der Waals surface area contributed by atoms with Gasteiger partial charge in [0.25, 0.3) is 0 Å². The minimum atomic E-state index is -0.311. The van der Waals surface area contributed by atoms with Crippen LogP contribution in [0.3, 0.4) is 0 Å². The Kier molecular flexibility index (Phi) is 6.21. The number of benzene rings is 2. The molecule has 3 nitrogen and oxygen atoms in total. The highest BCUT2D eigenvalue weighted by Gasteiger charge is 2.22. The summed E-state index contributed by atoms with van der Waals surface area (Å²) in [5.74, 6) is 0.617. The van der Waals surface area contributed by atoms with E-state index in [2.05, 4.69) is 0 Å². The fourth-order valence-electron chi connectivity index (χ4n) is 3.33. The van der Waals surface area contributed by atoms with Gasteiger partial charge in [-0.1, -0.05) is 12.1 Å². The number of carbonyl (C=O) groups excluding carboxylic acids is 1. The highest BCUT2D eigenvalue weighted by Crippen LogP contribution is 2.22. The molecule has 0 atom stereocenters. The first kappa shape index (κ1) is 18.4. The molecule has 1 heterocycles. The second-order valence-corrected chi connectivity index (χ2v) is 6.71. The number of piperidine rings is 1. The van der Waals surface area contributed by atoms with E-state index in [1.807, 2.05) is 11.0 Å². The van der Waals surface area contributed by atoms with Crippen LogP contribution in [0.2, 0.25) is 0 Å². The largest absolute Gasteiger partial charge is 0.493 e. The number of rotatable bonds is 6. The molecular formula is C21H23F2NO2. The first-order valence-electron chi connectivity index (χ1n) is 9.01. The molecule has 26 heavy (non-hydrogen) atoms. The molecule has 2 aromatic rings. The van der Waals surface area contributed by atoms with Crippen LogP contribution in [-0.2, 0) is 11.2 Å². The number of ether oxygens (including phenoxy) is 1. The van der Waals surface area contributed by atoms with Crippen molar-refractivity contribution in [1.29, 1.82) is 0 Å². The summed E-state index contributed by atoms with van der Waals surface area (Å²) in [5, 5.41) is 0. The Morgan fingerprint density at radius 2 is 1.77 bits per heavy atom. The summed E-state index contributed by atoms with van der Waals surface area (Å²) in [6.45, 7) is 1.75. The first-order valence-corrected chi connectivity index (χ1v) is 9.01. The molecule has 0 N–H and O–H groups in total. The van der Waals surface area contributed by atoms with Crippen LogP contribution in [0.1, 0.15) is 24.8 Å². The van der Waals surface area contributed by atoms with E-state index in [0.717, 1.165) is 37.9 Å². The predicted molar refractivity (Wildman–Crippen MR) is 95.9 cm³/mol. The Balaban J connectivity index is 1.38. The van der Waals surface area contributed by atoms with Crippen molar-refractivity contribution in [3.63, 3.8) is 0 Å². The average Bonchev–Trinajstić information content (AvgIpc) is 2.64. The second-order valence-electron chi connectivity index (χ2n) is 6.71. The monoisotopic (exact) mass is 359 g/mol. The van der Waals surface area contributed by atoms with Crippen molar-refractivity contribution in [2.24, 2.45) is 5.92 Å². The van der Waals surface area contributed by atoms with Crippen LogP contribution in [0.15, 0.2) is 48.5 Å². The molecule has 5 heteroatoms. The molecular weight excluding hydrogens is 336 g/mol. The van der Waals surface area contributed by atoms with Gasteiger partial charge in [0.05, 0.1) is 13.0 Å². The van der Waals surface area contributed by atoms with Crippen molar-refractivity contribution >= 4 is 5.91 Å². The summed E-state index contributed by atoms with van der Waals surface area (Å²) >= 11 is 0. The van der Waals surface area contributed by atoms with Gasteiger partial charge in [-0.15, -0.1) is 0 Å². The van der Waals surface area contributed by atoms with E-state index in [1.54, 1.807) is 24.3 Å². The third-order valence-electron chi connectivity index (χ3n) is 4.78. The van der Waals surface area contributed by atoms with Crippen LogP contribution in [0.4, 0.5) is 8.78 Å². The molecule has 1 aliphatic rings. The lowest BCUT2D eigenvalue weighted by molar-refractivity contribution is -0.133. The Morgan fingerprint density at radius 1 is 1.04 bits per heavy atom. The summed E-state index contributed by atoms with van der Waals surface area (Å²) in [6.07, 6.45) is 3.03. The van der Waals surface area contributed by atoms with Gasteiger partial charge in [0.15, 0.2) is 0 Å². The lowest BCUT2D eigenvalue weighted by Gasteiger charge is -2.32. The smallest absolute Gasteiger partial charge is 0.225 e. The standard InChI is InChI=1S/C21H23F2NO2/c22-18-4-6-20(7-5-18)26-13-10-21(25)24-11-8-16(9-12-24)14-17-2-1-3-19(23)15-17/h1-7,15-16H,8-14H2. The summed E-state index contributed by atoms with van der Waals surface area (Å²) in [4.78, 5) is 14.2. The van der Waals surface area contributed by atoms with Crippen LogP contribution >= 0.6 is 0 Å². The van der Waals surface area contributed by atoms with E-state index in [1.165, 1.54) is 18.2 Å².